The lowest BCUT2D eigenvalue weighted by Crippen LogP contribution is -2.47. The highest BCUT2D eigenvalue weighted by atomic mass is 32.2. The normalized spacial score (nSPS) is 13.6. The van der Waals surface area contributed by atoms with Crippen LogP contribution in [0.1, 0.15) is 29.6 Å². The molecule has 0 aliphatic rings. The number of oxazole rings is 1. The molecular weight excluding hydrogens is 474 g/mol. The molecule has 1 heterocycles. The number of Topliss-reactive ketones (excluding diaryl/α,β-unsaturated/α-hetero) is 1. The summed E-state index contributed by atoms with van der Waals surface area (Å²) in [4.78, 5) is 29.2. The molecule has 34 heavy (non-hydrogen) atoms. The third-order valence-corrected chi connectivity index (χ3v) is 6.40. The molecule has 2 N–H and O–H groups in total. The fraction of sp³-hybridized carbons (Fsp3) is 0.318. The zero-order valence-corrected chi connectivity index (χ0v) is 18.8. The van der Waals surface area contributed by atoms with Crippen molar-refractivity contribution in [3.8, 4) is 5.75 Å². The first kappa shape index (κ1) is 25.2. The van der Waals surface area contributed by atoms with Gasteiger partial charge in [0.1, 0.15) is 17.4 Å². The van der Waals surface area contributed by atoms with Crippen molar-refractivity contribution in [2.75, 3.05) is 5.75 Å². The molecule has 0 aliphatic carbocycles. The Morgan fingerprint density at radius 3 is 2.50 bits per heavy atom. The highest BCUT2D eigenvalue weighted by Crippen LogP contribution is 2.23. The fourth-order valence-corrected chi connectivity index (χ4v) is 4.66. The van der Waals surface area contributed by atoms with Gasteiger partial charge in [0, 0.05) is 5.56 Å². The van der Waals surface area contributed by atoms with Gasteiger partial charge in [-0.15, -0.1) is 0 Å². The maximum absolute atomic E-state index is 12.7. The van der Waals surface area contributed by atoms with E-state index >= 15 is 0 Å². The monoisotopic (exact) mass is 496 g/mol. The quantitative estimate of drug-likeness (QED) is 0.387. The first-order valence-corrected chi connectivity index (χ1v) is 12.0. The second-order valence-electron chi connectivity index (χ2n) is 7.38. The number of benzene rings is 2. The lowest BCUT2D eigenvalue weighted by Gasteiger charge is -2.17. The zero-order valence-electron chi connectivity index (χ0n) is 18.0. The summed E-state index contributed by atoms with van der Waals surface area (Å²) in [5.41, 5.74) is 0.788. The number of aliphatic hydroxyl groups excluding tert-OH is 1. The highest BCUT2D eigenvalue weighted by Gasteiger charge is 2.30. The summed E-state index contributed by atoms with van der Waals surface area (Å²) in [6.07, 6.45) is -1.88. The van der Waals surface area contributed by atoms with E-state index in [9.17, 15) is 31.9 Å². The van der Waals surface area contributed by atoms with Crippen LogP contribution in [0.2, 0.25) is 0 Å². The number of aromatic nitrogens is 1. The van der Waals surface area contributed by atoms with Gasteiger partial charge in [-0.25, -0.2) is 13.4 Å². The molecule has 1 amide bonds. The Hall–Kier alpha value is -3.38. The molecule has 2 atom stereocenters. The van der Waals surface area contributed by atoms with Gasteiger partial charge in [-0.3, -0.25) is 9.59 Å². The van der Waals surface area contributed by atoms with Gasteiger partial charge in [-0.2, -0.15) is 8.78 Å². The molecule has 0 radical (unpaired) electrons. The van der Waals surface area contributed by atoms with E-state index in [2.05, 4.69) is 15.0 Å². The van der Waals surface area contributed by atoms with Crippen LogP contribution in [-0.4, -0.2) is 54.7 Å². The summed E-state index contributed by atoms with van der Waals surface area (Å²) in [5.74, 6) is -4.01. The van der Waals surface area contributed by atoms with Crippen molar-refractivity contribution in [1.82, 2.24) is 10.3 Å². The van der Waals surface area contributed by atoms with Crippen LogP contribution < -0.4 is 10.1 Å². The van der Waals surface area contributed by atoms with Gasteiger partial charge in [0.05, 0.1) is 17.5 Å². The number of ether oxygens (including phenoxy) is 1. The maximum Gasteiger partial charge on any atom is 0.387 e. The number of hydrogen-bond donors (Lipinski definition) is 2. The summed E-state index contributed by atoms with van der Waals surface area (Å²) < 4.78 is 59.8. The van der Waals surface area contributed by atoms with E-state index in [4.69, 9.17) is 4.42 Å². The summed E-state index contributed by atoms with van der Waals surface area (Å²) in [6, 6.07) is 10.9. The van der Waals surface area contributed by atoms with E-state index in [1.54, 1.807) is 31.2 Å². The van der Waals surface area contributed by atoms with E-state index in [-0.39, 0.29) is 23.6 Å². The first-order chi connectivity index (χ1) is 16.1. The van der Waals surface area contributed by atoms with Crippen LogP contribution in [0.15, 0.2) is 52.9 Å². The zero-order chi connectivity index (χ0) is 24.9. The lowest BCUT2D eigenvalue weighted by atomic mass is 10.1. The third-order valence-electron chi connectivity index (χ3n) is 4.82. The number of nitrogens with one attached hydrogen (secondary N) is 1. The van der Waals surface area contributed by atoms with Gasteiger partial charge in [0.15, 0.2) is 15.4 Å². The van der Waals surface area contributed by atoms with Crippen molar-refractivity contribution in [2.24, 2.45) is 0 Å². The Kier molecular flexibility index (Phi) is 7.94. The molecule has 12 heteroatoms. The van der Waals surface area contributed by atoms with Crippen molar-refractivity contribution in [3.05, 3.63) is 60.0 Å². The van der Waals surface area contributed by atoms with Gasteiger partial charge in [0.2, 0.25) is 5.78 Å². The number of halogens is 2. The van der Waals surface area contributed by atoms with Gasteiger partial charge in [-0.05, 0) is 24.6 Å². The molecule has 0 bridgehead atoms. The van der Waals surface area contributed by atoms with Crippen LogP contribution >= 0.6 is 0 Å². The highest BCUT2D eigenvalue weighted by molar-refractivity contribution is 7.90. The largest absolute Gasteiger partial charge is 0.435 e. The molecule has 182 valence electrons. The molecule has 3 rings (SSSR count). The minimum absolute atomic E-state index is 0.0482. The second kappa shape index (κ2) is 10.7. The minimum Gasteiger partial charge on any atom is -0.435 e. The molecule has 3 aromatic rings. The summed E-state index contributed by atoms with van der Waals surface area (Å²) in [7, 11) is -4.12. The lowest BCUT2D eigenvalue weighted by molar-refractivity contribution is -0.128. The molecule has 1 aromatic heterocycles. The number of amides is 1. The number of rotatable bonds is 11. The van der Waals surface area contributed by atoms with Crippen molar-refractivity contribution >= 4 is 32.6 Å². The van der Waals surface area contributed by atoms with Crippen molar-refractivity contribution < 1.29 is 41.0 Å². The summed E-state index contributed by atoms with van der Waals surface area (Å²) >= 11 is 0. The van der Waals surface area contributed by atoms with Gasteiger partial charge in [0.25, 0.3) is 11.8 Å². The van der Waals surface area contributed by atoms with Crippen LogP contribution in [0.5, 0.6) is 5.75 Å². The van der Waals surface area contributed by atoms with E-state index in [1.807, 2.05) is 0 Å². The topological polar surface area (TPSA) is 136 Å². The number of carbonyl (C=O) groups excluding carboxylic acids is 2. The molecule has 2 aromatic carbocycles. The number of hydrogen-bond acceptors (Lipinski definition) is 8. The molecule has 0 saturated carbocycles. The van der Waals surface area contributed by atoms with Crippen LogP contribution in [0, 0.1) is 0 Å². The number of ketones is 1. The van der Waals surface area contributed by atoms with Crippen LogP contribution in [0.3, 0.4) is 0 Å². The molecule has 9 nitrogen and oxygen atoms in total. The Morgan fingerprint density at radius 1 is 1.15 bits per heavy atom. The van der Waals surface area contributed by atoms with E-state index in [0.29, 0.717) is 11.1 Å². The Balaban J connectivity index is 1.65. The second-order valence-corrected chi connectivity index (χ2v) is 9.49. The van der Waals surface area contributed by atoms with E-state index in [1.165, 1.54) is 24.3 Å². The van der Waals surface area contributed by atoms with E-state index < -0.39 is 51.8 Å². The molecule has 0 fully saturated rings. The predicted molar refractivity (Wildman–Crippen MR) is 117 cm³/mol. The number of nitrogens with zero attached hydrogens (tertiary/aromatic N) is 1. The molecule has 0 aliphatic heterocycles. The summed E-state index contributed by atoms with van der Waals surface area (Å²) in [5, 5.41) is 12.5. The number of alkyl halides is 2. The van der Waals surface area contributed by atoms with Crippen molar-refractivity contribution in [2.45, 2.75) is 37.9 Å². The van der Waals surface area contributed by atoms with Crippen molar-refractivity contribution in [3.63, 3.8) is 0 Å². The average Bonchev–Trinajstić information content (AvgIpc) is 3.21. The number of sulfone groups is 1. The van der Waals surface area contributed by atoms with Gasteiger partial charge in [-0.1, -0.05) is 37.3 Å². The third kappa shape index (κ3) is 6.35. The fourth-order valence-electron chi connectivity index (χ4n) is 3.19. The van der Waals surface area contributed by atoms with E-state index in [0.717, 1.165) is 0 Å². The molecule has 0 spiro atoms. The number of para-hydroxylation sites is 3. The number of fused-ring (bicyclic) bond motifs is 1. The number of aliphatic hydroxyl groups is 1. The Labute approximate surface area is 193 Å². The minimum atomic E-state index is -4.12. The summed E-state index contributed by atoms with van der Waals surface area (Å²) in [6.45, 7) is -1.54. The van der Waals surface area contributed by atoms with Crippen LogP contribution in [0.4, 0.5) is 8.78 Å². The van der Waals surface area contributed by atoms with Crippen molar-refractivity contribution in [1.29, 1.82) is 0 Å². The van der Waals surface area contributed by atoms with Crippen LogP contribution in [0.25, 0.3) is 11.1 Å². The Bertz CT molecular complexity index is 1240. The molecule has 0 saturated heterocycles. The maximum atomic E-state index is 12.7. The van der Waals surface area contributed by atoms with Gasteiger partial charge < -0.3 is 19.6 Å². The Morgan fingerprint density at radius 2 is 1.82 bits per heavy atom. The average molecular weight is 496 g/mol. The molecular formula is C22H22F2N2O7S. The SMILES string of the molecule is CC[C@H](NC(=O)[C@@H](O)CS(=O)(=O)Cc1ccccc1OC(F)F)C(=O)c1nc2ccccc2o1. The smallest absolute Gasteiger partial charge is 0.387 e. The van der Waals surface area contributed by atoms with Crippen LogP contribution in [-0.2, 0) is 20.4 Å². The number of carbonyl (C=O) groups is 2. The molecule has 0 unspecified atom stereocenters. The standard InChI is InChI=1S/C22H22F2N2O7S/c1-2-14(19(28)21-26-15-8-4-6-10-18(15)32-21)25-20(29)16(27)12-34(30,31)11-13-7-3-5-9-17(13)33-22(23)24/h3-10,14,16,22,27H,2,11-12H2,1H3,(H,25,29)/t14-,16-/m0/s1. The predicted octanol–water partition coefficient (Wildman–Crippen LogP) is 2.48. The first-order valence-electron chi connectivity index (χ1n) is 10.2. The van der Waals surface area contributed by atoms with Gasteiger partial charge >= 0.3 is 6.61 Å².